The van der Waals surface area contributed by atoms with Crippen LogP contribution in [-0.4, -0.2) is 18.2 Å². The maximum absolute atomic E-state index is 6.36. The second-order valence-corrected chi connectivity index (χ2v) is 4.59. The van der Waals surface area contributed by atoms with Crippen molar-refractivity contribution in [3.63, 3.8) is 0 Å². The van der Waals surface area contributed by atoms with Crippen molar-refractivity contribution in [1.29, 1.82) is 0 Å². The normalized spacial score (nSPS) is 21.8. The Balaban J connectivity index is 2.04. The van der Waals surface area contributed by atoms with Gasteiger partial charge in [0, 0.05) is 36.3 Å². The van der Waals surface area contributed by atoms with Gasteiger partial charge in [-0.25, -0.2) is 0 Å². The molecule has 3 heteroatoms. The van der Waals surface area contributed by atoms with Crippen LogP contribution in [-0.2, 0) is 4.74 Å². The summed E-state index contributed by atoms with van der Waals surface area (Å²) in [6.45, 7) is 1.61. The van der Waals surface area contributed by atoms with Gasteiger partial charge in [0.05, 0.1) is 6.61 Å². The second kappa shape index (κ2) is 4.43. The van der Waals surface area contributed by atoms with Crippen LogP contribution >= 0.6 is 0 Å². The Hall–Kier alpha value is -1.45. The van der Waals surface area contributed by atoms with Gasteiger partial charge in [-0.05, 0) is 23.4 Å². The molecule has 1 saturated heterocycles. The first-order valence-electron chi connectivity index (χ1n) is 6.02. The monoisotopic (exact) mass is 228 g/mol. The highest BCUT2D eigenvalue weighted by Gasteiger charge is 2.24. The van der Waals surface area contributed by atoms with Crippen LogP contribution in [0.15, 0.2) is 36.7 Å². The molecule has 1 aromatic carbocycles. The molecule has 1 aliphatic rings. The largest absolute Gasteiger partial charge is 0.381 e. The van der Waals surface area contributed by atoms with Gasteiger partial charge in [-0.3, -0.25) is 4.98 Å². The number of hydrogen-bond acceptors (Lipinski definition) is 3. The molecule has 2 heterocycles. The molecule has 3 nitrogen and oxygen atoms in total. The topological polar surface area (TPSA) is 48.1 Å². The Morgan fingerprint density at radius 3 is 3.12 bits per heavy atom. The number of rotatable bonds is 2. The highest BCUT2D eigenvalue weighted by molar-refractivity contribution is 5.85. The van der Waals surface area contributed by atoms with E-state index in [0.717, 1.165) is 25.0 Å². The van der Waals surface area contributed by atoms with Gasteiger partial charge >= 0.3 is 0 Å². The molecular weight excluding hydrogens is 212 g/mol. The van der Waals surface area contributed by atoms with Gasteiger partial charge in [-0.2, -0.15) is 0 Å². The van der Waals surface area contributed by atoms with Crippen LogP contribution in [0.3, 0.4) is 0 Å². The number of nitrogens with zero attached hydrogens (tertiary/aromatic N) is 1. The number of hydrogen-bond donors (Lipinski definition) is 1. The number of ether oxygens (including phenoxy) is 1. The summed E-state index contributed by atoms with van der Waals surface area (Å²) in [6, 6.07) is 8.33. The van der Waals surface area contributed by atoms with Crippen molar-refractivity contribution in [3.8, 4) is 0 Å². The highest BCUT2D eigenvalue weighted by Crippen LogP contribution is 2.30. The predicted octanol–water partition coefficient (Wildman–Crippen LogP) is 2.27. The van der Waals surface area contributed by atoms with Gasteiger partial charge in [-0.15, -0.1) is 0 Å². The second-order valence-electron chi connectivity index (χ2n) is 4.59. The minimum atomic E-state index is 0.0467. The van der Waals surface area contributed by atoms with Crippen LogP contribution in [0.5, 0.6) is 0 Å². The van der Waals surface area contributed by atoms with Crippen molar-refractivity contribution < 1.29 is 4.74 Å². The number of benzene rings is 1. The van der Waals surface area contributed by atoms with Gasteiger partial charge in [0.25, 0.3) is 0 Å². The molecule has 0 radical (unpaired) electrons. The SMILES string of the molecule is NC(c1cccc2ccncc12)C1CCOC1. The highest BCUT2D eigenvalue weighted by atomic mass is 16.5. The molecular formula is C14H16N2O. The molecule has 2 unspecified atom stereocenters. The van der Waals surface area contributed by atoms with Gasteiger partial charge in [0.2, 0.25) is 0 Å². The molecule has 1 aliphatic heterocycles. The summed E-state index contributed by atoms with van der Waals surface area (Å²) < 4.78 is 5.42. The van der Waals surface area contributed by atoms with E-state index >= 15 is 0 Å². The van der Waals surface area contributed by atoms with Crippen LogP contribution in [0.25, 0.3) is 10.8 Å². The standard InChI is InChI=1S/C14H16N2O/c15-14(11-5-7-17-9-11)12-3-1-2-10-4-6-16-8-13(10)12/h1-4,6,8,11,14H,5,7,9,15H2. The van der Waals surface area contributed by atoms with Gasteiger partial charge in [-0.1, -0.05) is 18.2 Å². The lowest BCUT2D eigenvalue weighted by Gasteiger charge is -2.19. The summed E-state index contributed by atoms with van der Waals surface area (Å²) >= 11 is 0. The van der Waals surface area contributed by atoms with Crippen molar-refractivity contribution in [3.05, 3.63) is 42.2 Å². The Morgan fingerprint density at radius 2 is 2.29 bits per heavy atom. The summed E-state index contributed by atoms with van der Waals surface area (Å²) in [4.78, 5) is 4.20. The van der Waals surface area contributed by atoms with Crippen LogP contribution < -0.4 is 5.73 Å². The lowest BCUT2D eigenvalue weighted by atomic mass is 9.90. The van der Waals surface area contributed by atoms with Crippen molar-refractivity contribution >= 4 is 10.8 Å². The summed E-state index contributed by atoms with van der Waals surface area (Å²) in [5.41, 5.74) is 7.54. The number of fused-ring (bicyclic) bond motifs is 1. The Morgan fingerprint density at radius 1 is 1.35 bits per heavy atom. The molecule has 2 atom stereocenters. The third-order valence-corrected chi connectivity index (χ3v) is 3.55. The molecule has 0 saturated carbocycles. The van der Waals surface area contributed by atoms with Crippen LogP contribution in [0.4, 0.5) is 0 Å². The zero-order valence-electron chi connectivity index (χ0n) is 9.67. The third kappa shape index (κ3) is 1.92. The molecule has 1 aromatic heterocycles. The number of nitrogens with two attached hydrogens (primary N) is 1. The van der Waals surface area contributed by atoms with Crippen LogP contribution in [0.1, 0.15) is 18.0 Å². The lowest BCUT2D eigenvalue weighted by molar-refractivity contribution is 0.181. The van der Waals surface area contributed by atoms with E-state index < -0.39 is 0 Å². The average Bonchev–Trinajstić information content (AvgIpc) is 2.91. The maximum atomic E-state index is 6.36. The van der Waals surface area contributed by atoms with E-state index in [9.17, 15) is 0 Å². The smallest absolute Gasteiger partial charge is 0.0513 e. The molecule has 1 fully saturated rings. The quantitative estimate of drug-likeness (QED) is 0.857. The van der Waals surface area contributed by atoms with Gasteiger partial charge in [0.15, 0.2) is 0 Å². The molecule has 0 amide bonds. The Bertz CT molecular complexity index is 515. The zero-order valence-corrected chi connectivity index (χ0v) is 9.67. The van der Waals surface area contributed by atoms with Crippen molar-refractivity contribution in [2.75, 3.05) is 13.2 Å². The van der Waals surface area contributed by atoms with Crippen LogP contribution in [0, 0.1) is 5.92 Å². The molecule has 0 aliphatic carbocycles. The summed E-state index contributed by atoms with van der Waals surface area (Å²) in [5.74, 6) is 0.431. The van der Waals surface area contributed by atoms with E-state index in [4.69, 9.17) is 10.5 Å². The van der Waals surface area contributed by atoms with Crippen LogP contribution in [0.2, 0.25) is 0 Å². The van der Waals surface area contributed by atoms with E-state index in [2.05, 4.69) is 23.2 Å². The third-order valence-electron chi connectivity index (χ3n) is 3.55. The molecule has 2 aromatic rings. The fourth-order valence-corrected chi connectivity index (χ4v) is 2.52. The van der Waals surface area contributed by atoms with E-state index in [1.54, 1.807) is 0 Å². The van der Waals surface area contributed by atoms with Gasteiger partial charge in [0.1, 0.15) is 0 Å². The summed E-state index contributed by atoms with van der Waals surface area (Å²) in [5, 5.41) is 2.36. The minimum absolute atomic E-state index is 0.0467. The van der Waals surface area contributed by atoms with Gasteiger partial charge < -0.3 is 10.5 Å². The molecule has 0 bridgehead atoms. The first kappa shape index (κ1) is 10.7. The van der Waals surface area contributed by atoms with Crippen molar-refractivity contribution in [1.82, 2.24) is 4.98 Å². The molecule has 2 N–H and O–H groups in total. The van der Waals surface area contributed by atoms with E-state index in [1.165, 1.54) is 10.9 Å². The Kier molecular flexibility index (Phi) is 2.79. The van der Waals surface area contributed by atoms with E-state index in [-0.39, 0.29) is 6.04 Å². The molecule has 3 rings (SSSR count). The first-order chi connectivity index (χ1) is 8.36. The van der Waals surface area contributed by atoms with E-state index in [1.807, 2.05) is 18.5 Å². The first-order valence-corrected chi connectivity index (χ1v) is 6.02. The maximum Gasteiger partial charge on any atom is 0.0513 e. The number of pyridine rings is 1. The molecule has 88 valence electrons. The summed E-state index contributed by atoms with van der Waals surface area (Å²) in [7, 11) is 0. The van der Waals surface area contributed by atoms with Crippen molar-refractivity contribution in [2.45, 2.75) is 12.5 Å². The Labute approximate surface area is 101 Å². The molecule has 0 spiro atoms. The summed E-state index contributed by atoms with van der Waals surface area (Å²) in [6.07, 6.45) is 4.77. The van der Waals surface area contributed by atoms with E-state index in [0.29, 0.717) is 5.92 Å². The average molecular weight is 228 g/mol. The minimum Gasteiger partial charge on any atom is -0.381 e. The molecule has 17 heavy (non-hydrogen) atoms. The lowest BCUT2D eigenvalue weighted by Crippen LogP contribution is -2.21. The number of aromatic nitrogens is 1. The fraction of sp³-hybridized carbons (Fsp3) is 0.357. The van der Waals surface area contributed by atoms with Crippen molar-refractivity contribution in [2.24, 2.45) is 11.7 Å². The fourth-order valence-electron chi connectivity index (χ4n) is 2.52. The zero-order chi connectivity index (χ0) is 11.7. The predicted molar refractivity (Wildman–Crippen MR) is 67.6 cm³/mol.